The maximum atomic E-state index is 12.2. The second kappa shape index (κ2) is 9.23. The number of benzene rings is 2. The fourth-order valence-corrected chi connectivity index (χ4v) is 2.30. The molecule has 0 fully saturated rings. The predicted octanol–water partition coefficient (Wildman–Crippen LogP) is 4.39. The Morgan fingerprint density at radius 3 is 2.44 bits per heavy atom. The number of rotatable bonds is 8. The lowest BCUT2D eigenvalue weighted by molar-refractivity contribution is -0.144. The van der Waals surface area contributed by atoms with E-state index in [1.54, 1.807) is 18.2 Å². The van der Waals surface area contributed by atoms with Crippen LogP contribution in [0.4, 0.5) is 0 Å². The van der Waals surface area contributed by atoms with E-state index in [2.05, 4.69) is 0 Å². The largest absolute Gasteiger partial charge is 0.493 e. The van der Waals surface area contributed by atoms with Crippen LogP contribution < -0.4 is 4.74 Å². The summed E-state index contributed by atoms with van der Waals surface area (Å²) in [6, 6.07) is 14.3. The van der Waals surface area contributed by atoms with E-state index in [4.69, 9.17) is 21.1 Å². The molecule has 0 atom stereocenters. The number of carbonyl (C=O) groups excluding carboxylic acids is 2. The van der Waals surface area contributed by atoms with Gasteiger partial charge in [-0.3, -0.25) is 9.59 Å². The SMILES string of the molecule is CC(C)COc1ccc(C(=O)Cl)cc1CC(=O)OCc1ccccc1. The lowest BCUT2D eigenvalue weighted by atomic mass is 10.1. The molecule has 0 saturated carbocycles. The van der Waals surface area contributed by atoms with Crippen LogP contribution in [0.2, 0.25) is 0 Å². The maximum absolute atomic E-state index is 12.2. The van der Waals surface area contributed by atoms with E-state index in [-0.39, 0.29) is 13.0 Å². The van der Waals surface area contributed by atoms with E-state index in [1.807, 2.05) is 44.2 Å². The summed E-state index contributed by atoms with van der Waals surface area (Å²) in [5.74, 6) is 0.511. The van der Waals surface area contributed by atoms with E-state index >= 15 is 0 Å². The first-order valence-electron chi connectivity index (χ1n) is 8.11. The molecule has 2 aromatic carbocycles. The molecule has 0 N–H and O–H groups in total. The zero-order chi connectivity index (χ0) is 18.2. The van der Waals surface area contributed by atoms with E-state index in [0.717, 1.165) is 5.56 Å². The molecule has 0 aromatic heterocycles. The summed E-state index contributed by atoms with van der Waals surface area (Å²) >= 11 is 5.54. The summed E-state index contributed by atoms with van der Waals surface area (Å²) in [6.45, 7) is 4.78. The Morgan fingerprint density at radius 2 is 1.80 bits per heavy atom. The van der Waals surface area contributed by atoms with Crippen molar-refractivity contribution in [2.45, 2.75) is 26.9 Å². The monoisotopic (exact) mass is 360 g/mol. The van der Waals surface area contributed by atoms with Crippen LogP contribution in [-0.2, 0) is 22.6 Å². The summed E-state index contributed by atoms with van der Waals surface area (Å²) in [4.78, 5) is 23.5. The highest BCUT2D eigenvalue weighted by Gasteiger charge is 2.14. The van der Waals surface area contributed by atoms with Crippen molar-refractivity contribution in [3.63, 3.8) is 0 Å². The van der Waals surface area contributed by atoms with Crippen molar-refractivity contribution in [2.75, 3.05) is 6.61 Å². The van der Waals surface area contributed by atoms with Gasteiger partial charge in [0.2, 0.25) is 0 Å². The molecule has 0 aliphatic heterocycles. The third kappa shape index (κ3) is 6.24. The van der Waals surface area contributed by atoms with Crippen molar-refractivity contribution in [1.29, 1.82) is 0 Å². The molecule has 0 heterocycles. The standard InChI is InChI=1S/C20H21ClO4/c1-14(2)12-24-18-9-8-16(20(21)23)10-17(18)11-19(22)25-13-15-6-4-3-5-7-15/h3-10,14H,11-13H2,1-2H3. The number of esters is 1. The molecule has 0 aliphatic carbocycles. The molecule has 0 spiro atoms. The van der Waals surface area contributed by atoms with Gasteiger partial charge in [0.1, 0.15) is 12.4 Å². The molecule has 0 saturated heterocycles. The highest BCUT2D eigenvalue weighted by atomic mass is 35.5. The number of hydrogen-bond donors (Lipinski definition) is 0. The Kier molecular flexibility index (Phi) is 7.02. The third-order valence-corrected chi connectivity index (χ3v) is 3.66. The molecule has 4 nitrogen and oxygen atoms in total. The molecule has 0 amide bonds. The lowest BCUT2D eigenvalue weighted by Gasteiger charge is -2.14. The zero-order valence-corrected chi connectivity index (χ0v) is 15.1. The van der Waals surface area contributed by atoms with Gasteiger partial charge in [-0.05, 0) is 41.3 Å². The minimum atomic E-state index is -0.575. The van der Waals surface area contributed by atoms with Gasteiger partial charge in [-0.25, -0.2) is 0 Å². The lowest BCUT2D eigenvalue weighted by Crippen LogP contribution is -2.12. The first kappa shape index (κ1) is 19.0. The van der Waals surface area contributed by atoms with Gasteiger partial charge in [-0.1, -0.05) is 44.2 Å². The normalized spacial score (nSPS) is 10.6. The van der Waals surface area contributed by atoms with Crippen molar-refractivity contribution in [1.82, 2.24) is 0 Å². The summed E-state index contributed by atoms with van der Waals surface area (Å²) in [7, 11) is 0. The van der Waals surface area contributed by atoms with E-state index < -0.39 is 11.2 Å². The van der Waals surface area contributed by atoms with Crippen LogP contribution in [0.1, 0.15) is 35.3 Å². The Balaban J connectivity index is 2.07. The smallest absolute Gasteiger partial charge is 0.310 e. The highest BCUT2D eigenvalue weighted by molar-refractivity contribution is 6.67. The fourth-order valence-electron chi connectivity index (χ4n) is 2.18. The van der Waals surface area contributed by atoms with E-state index in [9.17, 15) is 9.59 Å². The number of hydrogen-bond acceptors (Lipinski definition) is 4. The van der Waals surface area contributed by atoms with Crippen LogP contribution in [0, 0.1) is 5.92 Å². The van der Waals surface area contributed by atoms with Crippen LogP contribution in [0.3, 0.4) is 0 Å². The van der Waals surface area contributed by atoms with Crippen LogP contribution in [0.15, 0.2) is 48.5 Å². The summed E-state index contributed by atoms with van der Waals surface area (Å²) in [5, 5.41) is -0.575. The van der Waals surface area contributed by atoms with Crippen LogP contribution >= 0.6 is 11.6 Å². The zero-order valence-electron chi connectivity index (χ0n) is 14.3. The van der Waals surface area contributed by atoms with Crippen molar-refractivity contribution >= 4 is 22.8 Å². The number of halogens is 1. The predicted molar refractivity (Wildman–Crippen MR) is 96.9 cm³/mol. The average molecular weight is 361 g/mol. The minimum absolute atomic E-state index is 0.0122. The molecule has 0 aliphatic rings. The Morgan fingerprint density at radius 1 is 1.08 bits per heavy atom. The van der Waals surface area contributed by atoms with Crippen molar-refractivity contribution in [3.05, 3.63) is 65.2 Å². The van der Waals surface area contributed by atoms with Gasteiger partial charge in [-0.2, -0.15) is 0 Å². The van der Waals surface area contributed by atoms with E-state index in [1.165, 1.54) is 0 Å². The molecular formula is C20H21ClO4. The van der Waals surface area contributed by atoms with Gasteiger partial charge in [0.05, 0.1) is 13.0 Å². The molecule has 0 unspecified atom stereocenters. The second-order valence-electron chi connectivity index (χ2n) is 6.12. The maximum Gasteiger partial charge on any atom is 0.310 e. The summed E-state index contributed by atoms with van der Waals surface area (Å²) < 4.78 is 11.0. The second-order valence-corrected chi connectivity index (χ2v) is 6.47. The molecular weight excluding hydrogens is 340 g/mol. The van der Waals surface area contributed by atoms with Crippen molar-refractivity contribution in [3.8, 4) is 5.75 Å². The molecule has 0 radical (unpaired) electrons. The van der Waals surface area contributed by atoms with E-state index in [0.29, 0.717) is 29.4 Å². The van der Waals surface area contributed by atoms with Crippen molar-refractivity contribution < 1.29 is 19.1 Å². The number of carbonyl (C=O) groups is 2. The Hall–Kier alpha value is -2.33. The van der Waals surface area contributed by atoms with Gasteiger partial charge >= 0.3 is 5.97 Å². The number of ether oxygens (including phenoxy) is 2. The van der Waals surface area contributed by atoms with Crippen LogP contribution in [0.25, 0.3) is 0 Å². The van der Waals surface area contributed by atoms with Gasteiger partial charge in [0.15, 0.2) is 0 Å². The molecule has 2 aromatic rings. The van der Waals surface area contributed by atoms with Gasteiger partial charge < -0.3 is 9.47 Å². The molecule has 132 valence electrons. The van der Waals surface area contributed by atoms with Gasteiger partial charge in [0, 0.05) is 11.1 Å². The average Bonchev–Trinajstić information content (AvgIpc) is 2.59. The van der Waals surface area contributed by atoms with Gasteiger partial charge in [0.25, 0.3) is 5.24 Å². The molecule has 25 heavy (non-hydrogen) atoms. The Bertz CT molecular complexity index is 726. The molecule has 2 rings (SSSR count). The quantitative estimate of drug-likeness (QED) is 0.517. The minimum Gasteiger partial charge on any atom is -0.493 e. The summed E-state index contributed by atoms with van der Waals surface area (Å²) in [6.07, 6.45) is 0.0122. The fraction of sp³-hybridized carbons (Fsp3) is 0.300. The van der Waals surface area contributed by atoms with Crippen LogP contribution in [0.5, 0.6) is 5.75 Å². The molecule has 5 heteroatoms. The Labute approximate surface area is 152 Å². The first-order chi connectivity index (χ1) is 12.0. The third-order valence-electron chi connectivity index (χ3n) is 3.44. The van der Waals surface area contributed by atoms with Crippen molar-refractivity contribution in [2.24, 2.45) is 5.92 Å². The highest BCUT2D eigenvalue weighted by Crippen LogP contribution is 2.23. The van der Waals surface area contributed by atoms with Gasteiger partial charge in [-0.15, -0.1) is 0 Å². The molecule has 0 bridgehead atoms. The topological polar surface area (TPSA) is 52.6 Å². The first-order valence-corrected chi connectivity index (χ1v) is 8.48. The summed E-state index contributed by atoms with van der Waals surface area (Å²) in [5.41, 5.74) is 1.83. The van der Waals surface area contributed by atoms with Crippen LogP contribution in [-0.4, -0.2) is 17.8 Å².